The van der Waals surface area contributed by atoms with Crippen molar-refractivity contribution >= 4 is 45.8 Å². The minimum Gasteiger partial charge on any atom is -0.481 e. The third kappa shape index (κ3) is 5.22. The van der Waals surface area contributed by atoms with E-state index < -0.39 is 17.4 Å². The molecular weight excluding hydrogens is 508 g/mol. The number of fused-ring (bicyclic) bond motifs is 1. The van der Waals surface area contributed by atoms with E-state index in [0.29, 0.717) is 47.1 Å². The van der Waals surface area contributed by atoms with Crippen molar-refractivity contribution in [1.29, 1.82) is 0 Å². The fourth-order valence-corrected chi connectivity index (χ4v) is 4.14. The van der Waals surface area contributed by atoms with E-state index in [0.717, 1.165) is 10.9 Å². The van der Waals surface area contributed by atoms with Crippen LogP contribution < -0.4 is 20.7 Å². The van der Waals surface area contributed by atoms with Gasteiger partial charge in [0.2, 0.25) is 5.88 Å². The minimum atomic E-state index is -1.26. The highest BCUT2D eigenvalue weighted by Crippen LogP contribution is 2.35. The summed E-state index contributed by atoms with van der Waals surface area (Å²) in [5.41, 5.74) is 1.55. The van der Waals surface area contributed by atoms with Crippen molar-refractivity contribution in [2.24, 2.45) is 0 Å². The molecule has 0 radical (unpaired) electrons. The number of pyridine rings is 1. The van der Waals surface area contributed by atoms with E-state index in [-0.39, 0.29) is 17.1 Å². The van der Waals surface area contributed by atoms with Gasteiger partial charge in [0.1, 0.15) is 11.4 Å². The Morgan fingerprint density at radius 3 is 2.66 bits per heavy atom. The van der Waals surface area contributed by atoms with Gasteiger partial charge in [0, 0.05) is 42.5 Å². The number of methoxy groups -OCH3 is 1. The topological polar surface area (TPSA) is 138 Å². The van der Waals surface area contributed by atoms with Crippen LogP contribution in [-0.4, -0.2) is 51.6 Å². The van der Waals surface area contributed by atoms with Gasteiger partial charge in [-0.1, -0.05) is 17.7 Å². The fraction of sp³-hybridized carbons (Fsp3) is 0.222. The number of hydrogen-bond donors (Lipinski definition) is 4. The summed E-state index contributed by atoms with van der Waals surface area (Å²) in [5, 5.41) is 19.6. The van der Waals surface area contributed by atoms with Crippen LogP contribution in [0.25, 0.3) is 22.3 Å². The Morgan fingerprint density at radius 1 is 1.11 bits per heavy atom. The molecule has 0 aliphatic heterocycles. The number of amides is 2. The lowest BCUT2D eigenvalue weighted by atomic mass is 10.1. The quantitative estimate of drug-likeness (QED) is 0.269. The highest BCUT2D eigenvalue weighted by molar-refractivity contribution is 6.34. The molecule has 0 bridgehead atoms. The number of halogens is 1. The van der Waals surface area contributed by atoms with Gasteiger partial charge in [-0.15, -0.1) is 0 Å². The SMILES string of the molecule is CNc1nc(-c2ccnc(OC)c2)nc2cc(NC(=O)c3cc(CNC(=O)C4(O)CC4)ccc3Cl)ccc12. The second-order valence-electron chi connectivity index (χ2n) is 8.95. The largest absolute Gasteiger partial charge is 0.481 e. The summed E-state index contributed by atoms with van der Waals surface area (Å²) in [4.78, 5) is 38.6. The first-order chi connectivity index (χ1) is 18.3. The zero-order valence-corrected chi connectivity index (χ0v) is 21.5. The standard InChI is InChI=1S/C27H25ClN6O4/c1-29-24-18-5-4-17(13-21(18)33-23(34-24)16-7-10-30-22(12-16)38-2)32-25(35)19-11-15(3-6-20(19)28)14-31-26(36)27(37)8-9-27/h3-7,10-13,37H,8-9,14H2,1-2H3,(H,31,36)(H,32,35)(H,29,33,34). The highest BCUT2D eigenvalue weighted by atomic mass is 35.5. The van der Waals surface area contributed by atoms with Gasteiger partial charge in [0.25, 0.3) is 11.8 Å². The van der Waals surface area contributed by atoms with Gasteiger partial charge in [-0.05, 0) is 54.8 Å². The van der Waals surface area contributed by atoms with Crippen molar-refractivity contribution in [2.45, 2.75) is 25.0 Å². The van der Waals surface area contributed by atoms with Crippen LogP contribution in [0.15, 0.2) is 54.7 Å². The first-order valence-electron chi connectivity index (χ1n) is 11.9. The number of aliphatic hydroxyl groups is 1. The van der Waals surface area contributed by atoms with Crippen LogP contribution in [-0.2, 0) is 11.3 Å². The molecule has 11 heteroatoms. The average molecular weight is 533 g/mol. The Balaban J connectivity index is 1.39. The van der Waals surface area contributed by atoms with Gasteiger partial charge in [0.05, 0.1) is 23.2 Å². The summed E-state index contributed by atoms with van der Waals surface area (Å²) in [6, 6.07) is 13.8. The van der Waals surface area contributed by atoms with Crippen molar-refractivity contribution in [2.75, 3.05) is 24.8 Å². The molecule has 4 N–H and O–H groups in total. The van der Waals surface area contributed by atoms with E-state index in [2.05, 4.69) is 25.9 Å². The van der Waals surface area contributed by atoms with Crippen molar-refractivity contribution in [1.82, 2.24) is 20.3 Å². The molecule has 10 nitrogen and oxygen atoms in total. The number of nitrogens with one attached hydrogen (secondary N) is 3. The maximum Gasteiger partial charge on any atom is 0.257 e. The number of hydrogen-bond acceptors (Lipinski definition) is 8. The molecule has 4 aromatic rings. The van der Waals surface area contributed by atoms with Crippen molar-refractivity contribution in [3.63, 3.8) is 0 Å². The molecule has 2 amide bonds. The number of aromatic nitrogens is 3. The molecule has 2 aromatic carbocycles. The molecule has 0 atom stereocenters. The molecule has 38 heavy (non-hydrogen) atoms. The summed E-state index contributed by atoms with van der Waals surface area (Å²) in [7, 11) is 3.31. The number of rotatable bonds is 8. The molecule has 1 fully saturated rings. The molecule has 2 aromatic heterocycles. The van der Waals surface area contributed by atoms with Gasteiger partial charge >= 0.3 is 0 Å². The zero-order chi connectivity index (χ0) is 26.9. The van der Waals surface area contributed by atoms with Gasteiger partial charge in [-0.3, -0.25) is 9.59 Å². The van der Waals surface area contributed by atoms with Crippen LogP contribution in [0.2, 0.25) is 5.02 Å². The predicted molar refractivity (Wildman–Crippen MR) is 144 cm³/mol. The van der Waals surface area contributed by atoms with Gasteiger partial charge in [0.15, 0.2) is 5.82 Å². The zero-order valence-electron chi connectivity index (χ0n) is 20.7. The van der Waals surface area contributed by atoms with Crippen LogP contribution in [0.3, 0.4) is 0 Å². The lowest BCUT2D eigenvalue weighted by Gasteiger charge is -2.13. The van der Waals surface area contributed by atoms with E-state index in [9.17, 15) is 14.7 Å². The van der Waals surface area contributed by atoms with Crippen molar-refractivity contribution in [3.8, 4) is 17.3 Å². The van der Waals surface area contributed by atoms with Gasteiger partial charge < -0.3 is 25.8 Å². The molecule has 5 rings (SSSR count). The van der Waals surface area contributed by atoms with Gasteiger partial charge in [-0.25, -0.2) is 15.0 Å². The third-order valence-electron chi connectivity index (χ3n) is 6.27. The maximum absolute atomic E-state index is 13.1. The van der Waals surface area contributed by atoms with Crippen molar-refractivity contribution < 1.29 is 19.4 Å². The third-order valence-corrected chi connectivity index (χ3v) is 6.60. The lowest BCUT2D eigenvalue weighted by molar-refractivity contribution is -0.131. The number of carbonyl (C=O) groups is 2. The van der Waals surface area contributed by atoms with Crippen LogP contribution in [0.4, 0.5) is 11.5 Å². The lowest BCUT2D eigenvalue weighted by Crippen LogP contribution is -2.35. The molecule has 0 saturated heterocycles. The summed E-state index contributed by atoms with van der Waals surface area (Å²) < 4.78 is 5.22. The summed E-state index contributed by atoms with van der Waals surface area (Å²) in [6.45, 7) is 0.168. The van der Waals surface area contributed by atoms with E-state index >= 15 is 0 Å². The normalized spacial score (nSPS) is 13.6. The van der Waals surface area contributed by atoms with E-state index in [1.165, 1.54) is 7.11 Å². The Bertz CT molecular complexity index is 1560. The number of ether oxygens (including phenoxy) is 1. The highest BCUT2D eigenvalue weighted by Gasteiger charge is 2.47. The van der Waals surface area contributed by atoms with Crippen LogP contribution in [0.1, 0.15) is 28.8 Å². The molecule has 0 spiro atoms. The second-order valence-corrected chi connectivity index (χ2v) is 9.35. The predicted octanol–water partition coefficient (Wildman–Crippen LogP) is 3.79. The molecule has 1 saturated carbocycles. The summed E-state index contributed by atoms with van der Waals surface area (Å²) >= 11 is 6.32. The number of anilines is 2. The Morgan fingerprint density at radius 2 is 1.92 bits per heavy atom. The Kier molecular flexibility index (Phi) is 6.83. The Hall–Kier alpha value is -4.28. The molecule has 194 valence electrons. The monoisotopic (exact) mass is 532 g/mol. The van der Waals surface area contributed by atoms with E-state index in [1.54, 1.807) is 55.7 Å². The fourth-order valence-electron chi connectivity index (χ4n) is 3.93. The summed E-state index contributed by atoms with van der Waals surface area (Å²) in [6.07, 6.45) is 2.53. The first-order valence-corrected chi connectivity index (χ1v) is 12.3. The van der Waals surface area contributed by atoms with E-state index in [4.69, 9.17) is 21.3 Å². The second kappa shape index (κ2) is 10.2. The Labute approximate surface area is 223 Å². The van der Waals surface area contributed by atoms with Crippen molar-refractivity contribution in [3.05, 3.63) is 70.9 Å². The number of carbonyl (C=O) groups excluding carboxylic acids is 2. The molecule has 1 aliphatic carbocycles. The van der Waals surface area contributed by atoms with Crippen LogP contribution >= 0.6 is 11.6 Å². The van der Waals surface area contributed by atoms with E-state index in [1.807, 2.05) is 6.07 Å². The number of benzene rings is 2. The first kappa shape index (κ1) is 25.4. The van der Waals surface area contributed by atoms with Crippen LogP contribution in [0, 0.1) is 0 Å². The smallest absolute Gasteiger partial charge is 0.257 e. The molecular formula is C27H25ClN6O4. The van der Waals surface area contributed by atoms with Gasteiger partial charge in [-0.2, -0.15) is 0 Å². The molecule has 2 heterocycles. The average Bonchev–Trinajstić information content (AvgIpc) is 3.69. The molecule has 0 unspecified atom stereocenters. The minimum absolute atomic E-state index is 0.168. The summed E-state index contributed by atoms with van der Waals surface area (Å²) in [5.74, 6) is 0.722. The molecule has 1 aliphatic rings. The number of nitrogens with zero attached hydrogens (tertiary/aromatic N) is 3. The maximum atomic E-state index is 13.1. The van der Waals surface area contributed by atoms with Crippen LogP contribution in [0.5, 0.6) is 5.88 Å².